The highest BCUT2D eigenvalue weighted by atomic mass is 16.1. The lowest BCUT2D eigenvalue weighted by molar-refractivity contribution is 0.0964. The fraction of sp³-hybridized carbons (Fsp3) is 0.280. The molecule has 0 bridgehead atoms. The summed E-state index contributed by atoms with van der Waals surface area (Å²) in [7, 11) is 1.63. The quantitative estimate of drug-likeness (QED) is 0.443. The van der Waals surface area contributed by atoms with Crippen LogP contribution in [0.4, 0.5) is 5.82 Å². The van der Waals surface area contributed by atoms with Crippen molar-refractivity contribution in [1.29, 1.82) is 0 Å². The topological polar surface area (TPSA) is 106 Å². The van der Waals surface area contributed by atoms with E-state index in [0.717, 1.165) is 39.4 Å². The van der Waals surface area contributed by atoms with Crippen molar-refractivity contribution in [3.05, 3.63) is 72.2 Å². The summed E-state index contributed by atoms with van der Waals surface area (Å²) in [6, 6.07) is 9.58. The molecule has 1 atom stereocenters. The van der Waals surface area contributed by atoms with Crippen LogP contribution in [-0.2, 0) is 0 Å². The highest BCUT2D eigenvalue weighted by molar-refractivity contribution is 6.06. The van der Waals surface area contributed by atoms with E-state index < -0.39 is 0 Å². The zero-order valence-electron chi connectivity index (χ0n) is 19.2. The second-order valence-corrected chi connectivity index (χ2v) is 8.24. The number of benzene rings is 1. The molecule has 0 unspecified atom stereocenters. The third-order valence-electron chi connectivity index (χ3n) is 5.55. The van der Waals surface area contributed by atoms with Gasteiger partial charge in [0, 0.05) is 61.0 Å². The first-order chi connectivity index (χ1) is 16.0. The lowest BCUT2D eigenvalue weighted by Gasteiger charge is -2.16. The van der Waals surface area contributed by atoms with Crippen molar-refractivity contribution in [3.8, 4) is 11.3 Å². The molecule has 2 N–H and O–H groups in total. The summed E-state index contributed by atoms with van der Waals surface area (Å²) in [6.45, 7) is 6.89. The van der Waals surface area contributed by atoms with Crippen molar-refractivity contribution in [2.75, 3.05) is 18.9 Å². The molecule has 8 nitrogen and oxygen atoms in total. The van der Waals surface area contributed by atoms with Gasteiger partial charge >= 0.3 is 0 Å². The molecule has 0 saturated carbocycles. The van der Waals surface area contributed by atoms with Crippen molar-refractivity contribution in [2.24, 2.45) is 0 Å². The second kappa shape index (κ2) is 9.68. The fourth-order valence-electron chi connectivity index (χ4n) is 3.68. The van der Waals surface area contributed by atoms with Gasteiger partial charge in [-0.1, -0.05) is 39.0 Å². The van der Waals surface area contributed by atoms with Crippen LogP contribution in [0.15, 0.2) is 55.2 Å². The zero-order chi connectivity index (χ0) is 23.4. The predicted molar refractivity (Wildman–Crippen MR) is 129 cm³/mol. The van der Waals surface area contributed by atoms with Crippen LogP contribution in [0.2, 0.25) is 0 Å². The summed E-state index contributed by atoms with van der Waals surface area (Å²) < 4.78 is 0. The van der Waals surface area contributed by atoms with Crippen LogP contribution in [0.25, 0.3) is 22.2 Å². The number of amides is 1. The van der Waals surface area contributed by atoms with E-state index in [-0.39, 0.29) is 17.7 Å². The van der Waals surface area contributed by atoms with Crippen LogP contribution >= 0.6 is 0 Å². The number of carbonyl (C=O) groups is 1. The minimum Gasteiger partial charge on any atom is -0.369 e. The standard InChI is InChI=1S/C25H27N7O/c1-15(2)24-29-12-17(13-30-24)21-10-22(32-14-31-21)28-11-16(3)18-6-5-7-19-20(25(33)26-4)8-9-27-23(18)19/h5-10,12-16H,11H2,1-4H3,(H,26,33)(H,28,31,32)/t16-/m1/s1. The number of aromatic nitrogens is 5. The van der Waals surface area contributed by atoms with Gasteiger partial charge in [-0.3, -0.25) is 9.78 Å². The Hall–Kier alpha value is -3.94. The Morgan fingerprint density at radius 2 is 1.79 bits per heavy atom. The molecule has 3 heterocycles. The molecule has 168 valence electrons. The largest absolute Gasteiger partial charge is 0.369 e. The normalized spacial score (nSPS) is 12.0. The summed E-state index contributed by atoms with van der Waals surface area (Å²) in [5.41, 5.74) is 4.13. The van der Waals surface area contributed by atoms with E-state index in [1.54, 1.807) is 31.7 Å². The SMILES string of the molecule is CNC(=O)c1ccnc2c([C@H](C)CNc3cc(-c4cnc(C(C)C)nc4)ncn3)cccc12. The van der Waals surface area contributed by atoms with E-state index in [9.17, 15) is 4.79 Å². The van der Waals surface area contributed by atoms with Crippen molar-refractivity contribution in [2.45, 2.75) is 32.6 Å². The van der Waals surface area contributed by atoms with Crippen LogP contribution in [0.5, 0.6) is 0 Å². The first-order valence-corrected chi connectivity index (χ1v) is 11.0. The third kappa shape index (κ3) is 4.79. The average molecular weight is 442 g/mol. The van der Waals surface area contributed by atoms with Gasteiger partial charge < -0.3 is 10.6 Å². The molecule has 0 aliphatic rings. The minimum absolute atomic E-state index is 0.121. The lowest BCUT2D eigenvalue weighted by atomic mass is 9.96. The number of carbonyl (C=O) groups excluding carboxylic acids is 1. The van der Waals surface area contributed by atoms with E-state index >= 15 is 0 Å². The number of nitrogens with zero attached hydrogens (tertiary/aromatic N) is 5. The summed E-state index contributed by atoms with van der Waals surface area (Å²) >= 11 is 0. The average Bonchev–Trinajstić information content (AvgIpc) is 2.86. The number of fused-ring (bicyclic) bond motifs is 1. The minimum atomic E-state index is -0.121. The molecule has 0 fully saturated rings. The molecule has 8 heteroatoms. The summed E-state index contributed by atoms with van der Waals surface area (Å²) in [6.07, 6.45) is 6.81. The molecular weight excluding hydrogens is 414 g/mol. The van der Waals surface area contributed by atoms with Crippen molar-refractivity contribution in [3.63, 3.8) is 0 Å². The van der Waals surface area contributed by atoms with Gasteiger partial charge in [-0.25, -0.2) is 19.9 Å². The number of hydrogen-bond acceptors (Lipinski definition) is 7. The van der Waals surface area contributed by atoms with Gasteiger partial charge in [0.15, 0.2) is 0 Å². The molecule has 0 radical (unpaired) electrons. The number of para-hydroxylation sites is 1. The predicted octanol–water partition coefficient (Wildman–Crippen LogP) is 4.18. The number of pyridine rings is 1. The Bertz CT molecular complexity index is 1270. The van der Waals surface area contributed by atoms with Gasteiger partial charge in [-0.05, 0) is 11.6 Å². The van der Waals surface area contributed by atoms with Crippen LogP contribution in [-0.4, -0.2) is 44.4 Å². The first kappa shape index (κ1) is 22.3. The maximum atomic E-state index is 12.2. The monoisotopic (exact) mass is 441 g/mol. The van der Waals surface area contributed by atoms with Gasteiger partial charge in [-0.15, -0.1) is 0 Å². The van der Waals surface area contributed by atoms with Crippen LogP contribution < -0.4 is 10.6 Å². The molecule has 0 aliphatic heterocycles. The molecule has 4 rings (SSSR count). The van der Waals surface area contributed by atoms with E-state index in [1.165, 1.54) is 6.33 Å². The Labute approximate surface area is 193 Å². The number of anilines is 1. The highest BCUT2D eigenvalue weighted by Gasteiger charge is 2.15. The zero-order valence-corrected chi connectivity index (χ0v) is 19.2. The molecule has 3 aromatic heterocycles. The van der Waals surface area contributed by atoms with Gasteiger partial charge in [-0.2, -0.15) is 0 Å². The summed E-state index contributed by atoms with van der Waals surface area (Å²) in [5.74, 6) is 1.82. The van der Waals surface area contributed by atoms with Gasteiger partial charge in [0.1, 0.15) is 18.0 Å². The Morgan fingerprint density at radius 3 is 2.52 bits per heavy atom. The second-order valence-electron chi connectivity index (χ2n) is 8.24. The van der Waals surface area contributed by atoms with E-state index in [1.807, 2.05) is 24.3 Å². The molecule has 33 heavy (non-hydrogen) atoms. The van der Waals surface area contributed by atoms with Gasteiger partial charge in [0.2, 0.25) is 0 Å². The fourth-order valence-corrected chi connectivity index (χ4v) is 3.68. The van der Waals surface area contributed by atoms with Crippen molar-refractivity contribution >= 4 is 22.6 Å². The Morgan fingerprint density at radius 1 is 1.00 bits per heavy atom. The maximum Gasteiger partial charge on any atom is 0.251 e. The summed E-state index contributed by atoms with van der Waals surface area (Å²) in [4.78, 5) is 34.4. The smallest absolute Gasteiger partial charge is 0.251 e. The highest BCUT2D eigenvalue weighted by Crippen LogP contribution is 2.27. The number of rotatable bonds is 7. The van der Waals surface area contributed by atoms with Crippen LogP contribution in [0, 0.1) is 0 Å². The van der Waals surface area contributed by atoms with Crippen LogP contribution in [0.1, 0.15) is 54.4 Å². The van der Waals surface area contributed by atoms with Crippen molar-refractivity contribution < 1.29 is 4.79 Å². The lowest BCUT2D eigenvalue weighted by Crippen LogP contribution is -2.18. The maximum absolute atomic E-state index is 12.2. The Kier molecular flexibility index (Phi) is 6.53. The third-order valence-corrected chi connectivity index (χ3v) is 5.55. The first-order valence-electron chi connectivity index (χ1n) is 11.0. The number of hydrogen-bond donors (Lipinski definition) is 2. The summed E-state index contributed by atoms with van der Waals surface area (Å²) in [5, 5.41) is 6.93. The molecule has 1 aromatic carbocycles. The number of nitrogens with one attached hydrogen (secondary N) is 2. The van der Waals surface area contributed by atoms with E-state index in [0.29, 0.717) is 12.1 Å². The van der Waals surface area contributed by atoms with Crippen LogP contribution in [0.3, 0.4) is 0 Å². The van der Waals surface area contributed by atoms with Crippen molar-refractivity contribution in [1.82, 2.24) is 30.2 Å². The molecule has 4 aromatic rings. The molecule has 0 spiro atoms. The van der Waals surface area contributed by atoms with Gasteiger partial charge in [0.25, 0.3) is 5.91 Å². The van der Waals surface area contributed by atoms with E-state index in [4.69, 9.17) is 0 Å². The molecule has 1 amide bonds. The Balaban J connectivity index is 1.53. The van der Waals surface area contributed by atoms with E-state index in [2.05, 4.69) is 56.3 Å². The molecular formula is C25H27N7O. The van der Waals surface area contributed by atoms with Gasteiger partial charge in [0.05, 0.1) is 16.8 Å². The molecule has 0 saturated heterocycles. The molecule has 0 aliphatic carbocycles.